The van der Waals surface area contributed by atoms with E-state index < -0.39 is 0 Å². The van der Waals surface area contributed by atoms with E-state index in [1.165, 1.54) is 0 Å². The van der Waals surface area contributed by atoms with Crippen molar-refractivity contribution in [1.29, 1.82) is 0 Å². The minimum Gasteiger partial charge on any atom is -0.511 e. The third-order valence-electron chi connectivity index (χ3n) is 3.44. The molecule has 3 heteroatoms. The van der Waals surface area contributed by atoms with Crippen molar-refractivity contribution in [2.75, 3.05) is 6.54 Å². The summed E-state index contributed by atoms with van der Waals surface area (Å²) in [6.45, 7) is 9.06. The van der Waals surface area contributed by atoms with E-state index >= 15 is 0 Å². The number of rotatable bonds is 5. The Morgan fingerprint density at radius 1 is 1.26 bits per heavy atom. The Hall–Kier alpha value is -1.12. The zero-order valence-corrected chi connectivity index (χ0v) is 12.8. The first kappa shape index (κ1) is 15.9. The van der Waals surface area contributed by atoms with Gasteiger partial charge in [-0.05, 0) is 24.7 Å². The lowest BCUT2D eigenvalue weighted by Gasteiger charge is -2.31. The molecule has 1 aliphatic rings. The van der Waals surface area contributed by atoms with Crippen molar-refractivity contribution >= 4 is 11.5 Å². The Labute approximate surface area is 116 Å². The maximum atomic E-state index is 12.3. The predicted octanol–water partition coefficient (Wildman–Crippen LogP) is 4.23. The van der Waals surface area contributed by atoms with Crippen LogP contribution in [0.15, 0.2) is 16.3 Å². The Kier molecular flexibility index (Phi) is 5.77. The second kappa shape index (κ2) is 6.88. The molecule has 0 aromatic rings. The van der Waals surface area contributed by atoms with Gasteiger partial charge in [0.15, 0.2) is 5.78 Å². The quantitative estimate of drug-likeness (QED) is 0.459. The first-order valence-corrected chi connectivity index (χ1v) is 7.40. The standard InChI is InChI=1S/C16H27NO2/c1-5-7-9-17-12-10-16(3,4)11-14(19)15(12)13(18)8-6-2/h18H,5-11H2,1-4H3/b15-13-,17-12?. The number of hydrogen-bond donors (Lipinski definition) is 1. The van der Waals surface area contributed by atoms with Crippen molar-refractivity contribution < 1.29 is 9.90 Å². The molecule has 0 amide bonds. The topological polar surface area (TPSA) is 49.7 Å². The molecule has 0 unspecified atom stereocenters. The third-order valence-corrected chi connectivity index (χ3v) is 3.44. The number of aliphatic hydroxyl groups is 1. The van der Waals surface area contributed by atoms with Crippen LogP contribution in [-0.4, -0.2) is 23.1 Å². The summed E-state index contributed by atoms with van der Waals surface area (Å²) in [5.41, 5.74) is 1.29. The van der Waals surface area contributed by atoms with Gasteiger partial charge in [0.05, 0.1) is 5.57 Å². The van der Waals surface area contributed by atoms with Crippen molar-refractivity contribution in [3.8, 4) is 0 Å². The average Bonchev–Trinajstić information content (AvgIpc) is 2.27. The fourth-order valence-electron chi connectivity index (χ4n) is 2.48. The highest BCUT2D eigenvalue weighted by molar-refractivity contribution is 6.24. The largest absolute Gasteiger partial charge is 0.511 e. The van der Waals surface area contributed by atoms with Gasteiger partial charge >= 0.3 is 0 Å². The van der Waals surface area contributed by atoms with E-state index in [1.807, 2.05) is 6.92 Å². The van der Waals surface area contributed by atoms with Gasteiger partial charge in [-0.2, -0.15) is 0 Å². The molecule has 1 aliphatic carbocycles. The molecule has 0 heterocycles. The predicted molar refractivity (Wildman–Crippen MR) is 79.8 cm³/mol. The van der Waals surface area contributed by atoms with Gasteiger partial charge in [-0.25, -0.2) is 0 Å². The first-order chi connectivity index (χ1) is 8.91. The molecule has 108 valence electrons. The van der Waals surface area contributed by atoms with Crippen LogP contribution >= 0.6 is 0 Å². The number of allylic oxidation sites excluding steroid dienone is 2. The zero-order chi connectivity index (χ0) is 14.5. The highest BCUT2D eigenvalue weighted by Gasteiger charge is 2.35. The molecular weight excluding hydrogens is 238 g/mol. The summed E-state index contributed by atoms with van der Waals surface area (Å²) >= 11 is 0. The number of Topliss-reactive ketones (excluding diaryl/α,β-unsaturated/α-hetero) is 1. The van der Waals surface area contributed by atoms with Gasteiger partial charge in [-0.3, -0.25) is 9.79 Å². The Bertz CT molecular complexity index is 392. The number of nitrogens with zero attached hydrogens (tertiary/aromatic N) is 1. The summed E-state index contributed by atoms with van der Waals surface area (Å²) in [4.78, 5) is 16.9. The molecule has 0 aromatic carbocycles. The van der Waals surface area contributed by atoms with Crippen LogP contribution in [0.1, 0.15) is 66.2 Å². The van der Waals surface area contributed by atoms with Crippen LogP contribution in [0, 0.1) is 5.41 Å². The summed E-state index contributed by atoms with van der Waals surface area (Å²) in [6.07, 6.45) is 4.81. The average molecular weight is 265 g/mol. The number of aliphatic imine (C=N–C) groups is 1. The number of ketones is 1. The fourth-order valence-corrected chi connectivity index (χ4v) is 2.48. The third kappa shape index (κ3) is 4.48. The van der Waals surface area contributed by atoms with Gasteiger partial charge in [-0.1, -0.05) is 34.1 Å². The molecule has 0 spiro atoms. The maximum absolute atomic E-state index is 12.3. The lowest BCUT2D eigenvalue weighted by atomic mass is 9.73. The number of carbonyl (C=O) groups is 1. The molecule has 0 atom stereocenters. The van der Waals surface area contributed by atoms with Crippen LogP contribution in [0.4, 0.5) is 0 Å². The monoisotopic (exact) mass is 265 g/mol. The molecule has 3 nitrogen and oxygen atoms in total. The van der Waals surface area contributed by atoms with Gasteiger partial charge in [0.25, 0.3) is 0 Å². The van der Waals surface area contributed by atoms with Crippen LogP contribution < -0.4 is 0 Å². The van der Waals surface area contributed by atoms with Gasteiger partial charge < -0.3 is 5.11 Å². The van der Waals surface area contributed by atoms with Crippen LogP contribution in [0.2, 0.25) is 0 Å². The summed E-state index contributed by atoms with van der Waals surface area (Å²) in [5, 5.41) is 10.1. The van der Waals surface area contributed by atoms with E-state index in [0.717, 1.165) is 37.9 Å². The molecule has 0 aromatic heterocycles. The fraction of sp³-hybridized carbons (Fsp3) is 0.750. The molecular formula is C16H27NO2. The van der Waals surface area contributed by atoms with Gasteiger partial charge in [-0.15, -0.1) is 0 Å². The number of hydrogen-bond acceptors (Lipinski definition) is 3. The van der Waals surface area contributed by atoms with E-state index in [1.54, 1.807) is 0 Å². The van der Waals surface area contributed by atoms with Crippen LogP contribution in [0.25, 0.3) is 0 Å². The van der Waals surface area contributed by atoms with E-state index in [4.69, 9.17) is 0 Å². The number of aliphatic hydroxyl groups excluding tert-OH is 1. The highest BCUT2D eigenvalue weighted by Crippen LogP contribution is 2.35. The zero-order valence-electron chi connectivity index (χ0n) is 12.8. The van der Waals surface area contributed by atoms with Crippen LogP contribution in [0.5, 0.6) is 0 Å². The molecule has 19 heavy (non-hydrogen) atoms. The van der Waals surface area contributed by atoms with Gasteiger partial charge in [0.1, 0.15) is 5.76 Å². The Morgan fingerprint density at radius 3 is 2.53 bits per heavy atom. The molecule has 0 bridgehead atoms. The highest BCUT2D eigenvalue weighted by atomic mass is 16.3. The van der Waals surface area contributed by atoms with E-state index in [2.05, 4.69) is 25.8 Å². The molecule has 1 fully saturated rings. The summed E-state index contributed by atoms with van der Waals surface area (Å²) in [7, 11) is 0. The Balaban J connectivity index is 3.05. The smallest absolute Gasteiger partial charge is 0.168 e. The van der Waals surface area contributed by atoms with Crippen molar-refractivity contribution in [2.24, 2.45) is 10.4 Å². The van der Waals surface area contributed by atoms with Gasteiger partial charge in [0.2, 0.25) is 0 Å². The normalized spacial score (nSPS) is 23.8. The molecule has 0 saturated heterocycles. The molecule has 1 N–H and O–H groups in total. The Morgan fingerprint density at radius 2 is 1.95 bits per heavy atom. The van der Waals surface area contributed by atoms with E-state index in [9.17, 15) is 9.90 Å². The number of carbonyl (C=O) groups excluding carboxylic acids is 1. The first-order valence-electron chi connectivity index (χ1n) is 7.40. The van der Waals surface area contributed by atoms with Crippen LogP contribution in [0.3, 0.4) is 0 Å². The molecule has 1 saturated carbocycles. The lowest BCUT2D eigenvalue weighted by Crippen LogP contribution is -2.32. The van der Waals surface area contributed by atoms with Crippen molar-refractivity contribution in [3.05, 3.63) is 11.3 Å². The second-order valence-corrected chi connectivity index (χ2v) is 6.19. The lowest BCUT2D eigenvalue weighted by molar-refractivity contribution is -0.117. The van der Waals surface area contributed by atoms with Crippen molar-refractivity contribution in [3.63, 3.8) is 0 Å². The summed E-state index contributed by atoms with van der Waals surface area (Å²) in [5.74, 6) is 0.288. The van der Waals surface area contributed by atoms with E-state index in [0.29, 0.717) is 18.4 Å². The van der Waals surface area contributed by atoms with E-state index in [-0.39, 0.29) is 17.0 Å². The minimum absolute atomic E-state index is 0.0435. The molecule has 0 aliphatic heterocycles. The van der Waals surface area contributed by atoms with Crippen LogP contribution in [-0.2, 0) is 4.79 Å². The van der Waals surface area contributed by atoms with Crippen molar-refractivity contribution in [1.82, 2.24) is 0 Å². The second-order valence-electron chi connectivity index (χ2n) is 6.19. The maximum Gasteiger partial charge on any atom is 0.168 e. The SMILES string of the molecule is CCCCN=C1CC(C)(C)CC(=O)/C1=C(\O)CCC. The number of unbranched alkanes of at least 4 members (excludes halogenated alkanes) is 1. The summed E-state index contributed by atoms with van der Waals surface area (Å²) in [6, 6.07) is 0. The summed E-state index contributed by atoms with van der Waals surface area (Å²) < 4.78 is 0. The molecule has 1 rings (SSSR count). The minimum atomic E-state index is -0.0435. The molecule has 0 radical (unpaired) electrons. The van der Waals surface area contributed by atoms with Crippen molar-refractivity contribution in [2.45, 2.75) is 66.2 Å². The van der Waals surface area contributed by atoms with Gasteiger partial charge in [0, 0.05) is 25.1 Å².